The van der Waals surface area contributed by atoms with Gasteiger partial charge >= 0.3 is 12.1 Å². The van der Waals surface area contributed by atoms with Crippen molar-refractivity contribution >= 4 is 12.1 Å². The molecule has 0 aromatic rings. The van der Waals surface area contributed by atoms with Crippen LogP contribution in [-0.4, -0.2) is 29.9 Å². The van der Waals surface area contributed by atoms with Crippen LogP contribution in [0.25, 0.3) is 0 Å². The van der Waals surface area contributed by atoms with Crippen molar-refractivity contribution < 1.29 is 24.2 Å². The van der Waals surface area contributed by atoms with Crippen LogP contribution < -0.4 is 0 Å². The van der Waals surface area contributed by atoms with E-state index in [9.17, 15) is 9.59 Å². The van der Waals surface area contributed by atoms with Crippen molar-refractivity contribution in [1.29, 1.82) is 0 Å². The number of carbonyl (C=O) groups is 2. The van der Waals surface area contributed by atoms with Gasteiger partial charge in [0.2, 0.25) is 0 Å². The maximum Gasteiger partial charge on any atom is 0.506 e. The highest BCUT2D eigenvalue weighted by molar-refractivity contribution is 5.69. The first-order chi connectivity index (χ1) is 6.68. The number of carboxylic acid groups (broad SMARTS) is 1. The van der Waals surface area contributed by atoms with Gasteiger partial charge in [-0.1, -0.05) is 6.42 Å². The summed E-state index contributed by atoms with van der Waals surface area (Å²) in [4.78, 5) is 21.3. The highest BCUT2D eigenvalue weighted by atomic mass is 16.7. The summed E-state index contributed by atoms with van der Waals surface area (Å²) in [6.07, 6.45) is 1.81. The first-order valence-electron chi connectivity index (χ1n) is 4.73. The first kappa shape index (κ1) is 10.8. The van der Waals surface area contributed by atoms with Gasteiger partial charge in [0.15, 0.2) is 0 Å². The van der Waals surface area contributed by atoms with Crippen LogP contribution in [0.5, 0.6) is 0 Å². The molecule has 1 aliphatic heterocycles. The summed E-state index contributed by atoms with van der Waals surface area (Å²) < 4.78 is 9.42. The molecule has 0 radical (unpaired) electrons. The van der Waals surface area contributed by atoms with Gasteiger partial charge in [-0.3, -0.25) is 4.79 Å². The smallest absolute Gasteiger partial charge is 0.462 e. The van der Waals surface area contributed by atoms with Crippen LogP contribution in [0.2, 0.25) is 0 Å². The first-order valence-corrected chi connectivity index (χ1v) is 4.73. The van der Waals surface area contributed by atoms with Crippen molar-refractivity contribution in [2.45, 2.75) is 38.2 Å². The van der Waals surface area contributed by atoms with E-state index >= 15 is 0 Å². The molecule has 1 N–H and O–H groups in total. The van der Waals surface area contributed by atoms with Crippen LogP contribution in [0.15, 0.2) is 0 Å². The van der Waals surface area contributed by atoms with Gasteiger partial charge in [-0.15, -0.1) is 0 Å². The average Bonchev–Trinajstić information content (AvgIpc) is 2.19. The summed E-state index contributed by atoms with van der Waals surface area (Å²) in [5.74, 6) is -0.272. The lowest BCUT2D eigenvalue weighted by Gasteiger charge is -2.14. The standard InChI is InChI=1S/C9H14O5/c10-8-5-3-1-2-4-7(6-13-8)14-9(11)12/h7H,1-6H2,(H,11,12). The van der Waals surface area contributed by atoms with Gasteiger partial charge in [-0.2, -0.15) is 0 Å². The molecule has 0 bridgehead atoms. The molecule has 5 nitrogen and oxygen atoms in total. The summed E-state index contributed by atoms with van der Waals surface area (Å²) >= 11 is 0. The van der Waals surface area contributed by atoms with Gasteiger partial charge in [0.1, 0.15) is 12.7 Å². The second-order valence-electron chi connectivity index (χ2n) is 3.29. The Morgan fingerprint density at radius 1 is 1.43 bits per heavy atom. The predicted octanol–water partition coefficient (Wildman–Crippen LogP) is 1.56. The number of carbonyl (C=O) groups excluding carboxylic acids is 1. The summed E-state index contributed by atoms with van der Waals surface area (Å²) in [5.41, 5.74) is 0. The average molecular weight is 202 g/mol. The molecule has 1 rings (SSSR count). The predicted molar refractivity (Wildman–Crippen MR) is 46.9 cm³/mol. The fourth-order valence-corrected chi connectivity index (χ4v) is 1.40. The Labute approximate surface area is 82.0 Å². The van der Waals surface area contributed by atoms with E-state index in [1.54, 1.807) is 0 Å². The van der Waals surface area contributed by atoms with Crippen LogP contribution in [-0.2, 0) is 14.3 Å². The van der Waals surface area contributed by atoms with Crippen molar-refractivity contribution in [1.82, 2.24) is 0 Å². The topological polar surface area (TPSA) is 72.8 Å². The lowest BCUT2D eigenvalue weighted by Crippen LogP contribution is -2.23. The minimum absolute atomic E-state index is 0.0468. The lowest BCUT2D eigenvalue weighted by molar-refractivity contribution is -0.146. The zero-order chi connectivity index (χ0) is 10.4. The summed E-state index contributed by atoms with van der Waals surface area (Å²) in [5, 5.41) is 8.40. The van der Waals surface area contributed by atoms with Gasteiger partial charge in [-0.25, -0.2) is 4.79 Å². The molecule has 0 spiro atoms. The van der Waals surface area contributed by atoms with Crippen LogP contribution in [0, 0.1) is 0 Å². The van der Waals surface area contributed by atoms with E-state index in [1.165, 1.54) is 0 Å². The number of rotatable bonds is 1. The second-order valence-corrected chi connectivity index (χ2v) is 3.29. The summed E-state index contributed by atoms with van der Waals surface area (Å²) in [6, 6.07) is 0. The van der Waals surface area contributed by atoms with Crippen LogP contribution in [0.1, 0.15) is 32.1 Å². The molecule has 1 atom stereocenters. The molecular weight excluding hydrogens is 188 g/mol. The third-order valence-corrected chi connectivity index (χ3v) is 2.10. The van der Waals surface area contributed by atoms with E-state index in [0.29, 0.717) is 12.8 Å². The van der Waals surface area contributed by atoms with E-state index in [0.717, 1.165) is 19.3 Å². The van der Waals surface area contributed by atoms with Gasteiger partial charge < -0.3 is 14.6 Å². The molecule has 0 saturated carbocycles. The Morgan fingerprint density at radius 2 is 2.21 bits per heavy atom. The molecule has 14 heavy (non-hydrogen) atoms. The van der Waals surface area contributed by atoms with Crippen molar-refractivity contribution in [2.75, 3.05) is 6.61 Å². The molecule has 0 aromatic carbocycles. The molecule has 80 valence electrons. The molecule has 1 heterocycles. The molecule has 1 unspecified atom stereocenters. The molecular formula is C9H14O5. The Bertz CT molecular complexity index is 213. The maximum atomic E-state index is 11.0. The number of ether oxygens (including phenoxy) is 2. The van der Waals surface area contributed by atoms with E-state index < -0.39 is 12.3 Å². The number of hydrogen-bond donors (Lipinski definition) is 1. The highest BCUT2D eigenvalue weighted by Crippen LogP contribution is 2.12. The Morgan fingerprint density at radius 3 is 2.93 bits per heavy atom. The molecule has 1 aliphatic rings. The second kappa shape index (κ2) is 5.47. The fourth-order valence-electron chi connectivity index (χ4n) is 1.40. The molecule has 0 aromatic heterocycles. The zero-order valence-corrected chi connectivity index (χ0v) is 7.90. The van der Waals surface area contributed by atoms with Crippen molar-refractivity contribution in [2.24, 2.45) is 0 Å². The number of esters is 1. The largest absolute Gasteiger partial charge is 0.506 e. The molecule has 1 fully saturated rings. The highest BCUT2D eigenvalue weighted by Gasteiger charge is 2.17. The molecule has 0 aliphatic carbocycles. The zero-order valence-electron chi connectivity index (χ0n) is 7.90. The van der Waals surface area contributed by atoms with Crippen molar-refractivity contribution in [3.63, 3.8) is 0 Å². The molecule has 0 amide bonds. The minimum atomic E-state index is -1.31. The van der Waals surface area contributed by atoms with E-state index in [4.69, 9.17) is 9.84 Å². The van der Waals surface area contributed by atoms with E-state index in [2.05, 4.69) is 4.74 Å². The Kier molecular flexibility index (Phi) is 4.22. The van der Waals surface area contributed by atoms with E-state index in [1.807, 2.05) is 0 Å². The normalized spacial score (nSPS) is 24.0. The third kappa shape index (κ3) is 4.11. The van der Waals surface area contributed by atoms with Crippen LogP contribution in [0.3, 0.4) is 0 Å². The third-order valence-electron chi connectivity index (χ3n) is 2.10. The van der Waals surface area contributed by atoms with Crippen molar-refractivity contribution in [3.8, 4) is 0 Å². The number of cyclic esters (lactones) is 1. The molecule has 1 saturated heterocycles. The SMILES string of the molecule is O=C(O)OC1CCCCCC(=O)OC1. The maximum absolute atomic E-state index is 11.0. The Balaban J connectivity index is 2.40. The molecule has 5 heteroatoms. The van der Waals surface area contributed by atoms with E-state index in [-0.39, 0.29) is 12.6 Å². The fraction of sp³-hybridized carbons (Fsp3) is 0.778. The van der Waals surface area contributed by atoms with Crippen molar-refractivity contribution in [3.05, 3.63) is 0 Å². The minimum Gasteiger partial charge on any atom is -0.462 e. The van der Waals surface area contributed by atoms with Gasteiger partial charge in [-0.05, 0) is 19.3 Å². The van der Waals surface area contributed by atoms with Crippen LogP contribution >= 0.6 is 0 Å². The van der Waals surface area contributed by atoms with Gasteiger partial charge in [0, 0.05) is 6.42 Å². The van der Waals surface area contributed by atoms with Gasteiger partial charge in [0.25, 0.3) is 0 Å². The summed E-state index contributed by atoms with van der Waals surface area (Å²) in [7, 11) is 0. The lowest BCUT2D eigenvalue weighted by atomic mass is 10.1. The Hall–Kier alpha value is -1.26. The number of hydrogen-bond acceptors (Lipinski definition) is 4. The van der Waals surface area contributed by atoms with Gasteiger partial charge in [0.05, 0.1) is 0 Å². The quantitative estimate of drug-likeness (QED) is 0.653. The van der Waals surface area contributed by atoms with Crippen LogP contribution in [0.4, 0.5) is 4.79 Å². The summed E-state index contributed by atoms with van der Waals surface area (Å²) in [6.45, 7) is 0.0468. The monoisotopic (exact) mass is 202 g/mol.